The van der Waals surface area contributed by atoms with E-state index in [4.69, 9.17) is 25.6 Å². The van der Waals surface area contributed by atoms with Crippen molar-refractivity contribution in [1.82, 2.24) is 5.06 Å². The van der Waals surface area contributed by atoms with Crippen molar-refractivity contribution in [2.24, 2.45) is 0 Å². The van der Waals surface area contributed by atoms with E-state index in [1.807, 2.05) is 30.3 Å². The van der Waals surface area contributed by atoms with Crippen molar-refractivity contribution in [3.63, 3.8) is 0 Å². The van der Waals surface area contributed by atoms with Crippen molar-refractivity contribution in [1.29, 1.82) is 0 Å². The maximum Gasteiger partial charge on any atom is 0.393 e. The normalized spacial score (nSPS) is 11.9. The summed E-state index contributed by atoms with van der Waals surface area (Å²) in [5.74, 6) is -2.00. The molecule has 1 heterocycles. The van der Waals surface area contributed by atoms with E-state index in [2.05, 4.69) is 0 Å². The van der Waals surface area contributed by atoms with Gasteiger partial charge >= 0.3 is 11.9 Å². The SMILES string of the molecule is COC(=O)[C@H](Cc1ccc(O)cc1)N(Cc1cccc(F)c1)OC(=O)c1cc2ccc(-c3ccc(Cl)cc3)cc2o1. The summed E-state index contributed by atoms with van der Waals surface area (Å²) in [4.78, 5) is 32.0. The average Bonchev–Trinajstić information content (AvgIpc) is 3.40. The van der Waals surface area contributed by atoms with Crippen LogP contribution in [0.2, 0.25) is 5.02 Å². The lowest BCUT2D eigenvalue weighted by molar-refractivity contribution is -0.178. The van der Waals surface area contributed by atoms with Gasteiger partial charge in [-0.2, -0.15) is 0 Å². The summed E-state index contributed by atoms with van der Waals surface area (Å²) in [6.07, 6.45) is 0.0835. The molecule has 0 spiro atoms. The molecule has 0 aliphatic heterocycles. The zero-order chi connectivity index (χ0) is 28.9. The van der Waals surface area contributed by atoms with Gasteiger partial charge in [0.05, 0.1) is 13.7 Å². The second-order valence-corrected chi connectivity index (χ2v) is 9.80. The summed E-state index contributed by atoms with van der Waals surface area (Å²) in [6.45, 7) is -0.109. The van der Waals surface area contributed by atoms with Crippen LogP contribution in [0.3, 0.4) is 0 Å². The van der Waals surface area contributed by atoms with Gasteiger partial charge in [-0.3, -0.25) is 4.79 Å². The molecule has 9 heteroatoms. The summed E-state index contributed by atoms with van der Waals surface area (Å²) in [5.41, 5.74) is 3.41. The molecule has 0 bridgehead atoms. The fourth-order valence-corrected chi connectivity index (χ4v) is 4.55. The predicted octanol–water partition coefficient (Wildman–Crippen LogP) is 6.96. The van der Waals surface area contributed by atoms with E-state index in [0.717, 1.165) is 16.2 Å². The zero-order valence-corrected chi connectivity index (χ0v) is 22.7. The largest absolute Gasteiger partial charge is 0.508 e. The van der Waals surface area contributed by atoms with Crippen LogP contribution >= 0.6 is 11.6 Å². The van der Waals surface area contributed by atoms with Crippen LogP contribution in [0.1, 0.15) is 21.7 Å². The summed E-state index contributed by atoms with van der Waals surface area (Å²) in [5, 5.41) is 12.1. The number of carbonyl (C=O) groups is 2. The van der Waals surface area contributed by atoms with Gasteiger partial charge in [0.2, 0.25) is 5.76 Å². The first-order valence-electron chi connectivity index (χ1n) is 12.7. The van der Waals surface area contributed by atoms with Crippen LogP contribution in [0.4, 0.5) is 4.39 Å². The Bertz CT molecular complexity index is 1680. The number of esters is 1. The van der Waals surface area contributed by atoms with Gasteiger partial charge < -0.3 is 19.1 Å². The second-order valence-electron chi connectivity index (χ2n) is 9.36. The zero-order valence-electron chi connectivity index (χ0n) is 21.9. The van der Waals surface area contributed by atoms with Crippen molar-refractivity contribution >= 4 is 34.5 Å². The number of benzene rings is 4. The third-order valence-electron chi connectivity index (χ3n) is 6.51. The molecule has 4 aromatic carbocycles. The highest BCUT2D eigenvalue weighted by molar-refractivity contribution is 6.30. The molecule has 41 heavy (non-hydrogen) atoms. The lowest BCUT2D eigenvalue weighted by Gasteiger charge is -2.28. The number of phenols is 1. The molecular weight excluding hydrogens is 549 g/mol. The van der Waals surface area contributed by atoms with E-state index in [-0.39, 0.29) is 24.5 Å². The van der Waals surface area contributed by atoms with Crippen LogP contribution < -0.4 is 0 Å². The van der Waals surface area contributed by atoms with E-state index in [9.17, 15) is 19.1 Å². The number of aromatic hydroxyl groups is 1. The number of furan rings is 1. The Morgan fingerprint density at radius 3 is 2.37 bits per heavy atom. The maximum absolute atomic E-state index is 14.0. The Morgan fingerprint density at radius 2 is 1.66 bits per heavy atom. The average molecular weight is 574 g/mol. The number of hydrogen-bond acceptors (Lipinski definition) is 7. The van der Waals surface area contributed by atoms with Crippen LogP contribution in [-0.4, -0.2) is 35.3 Å². The van der Waals surface area contributed by atoms with Crippen molar-refractivity contribution in [3.05, 3.63) is 125 Å². The Morgan fingerprint density at radius 1 is 0.927 bits per heavy atom. The smallest absolute Gasteiger partial charge is 0.393 e. The lowest BCUT2D eigenvalue weighted by Crippen LogP contribution is -2.44. The summed E-state index contributed by atoms with van der Waals surface area (Å²) >= 11 is 6.00. The number of fused-ring (bicyclic) bond motifs is 1. The van der Waals surface area contributed by atoms with Crippen molar-refractivity contribution in [3.8, 4) is 16.9 Å². The van der Waals surface area contributed by atoms with Crippen molar-refractivity contribution < 1.29 is 33.1 Å². The predicted molar refractivity (Wildman–Crippen MR) is 152 cm³/mol. The van der Waals surface area contributed by atoms with Gasteiger partial charge in [0, 0.05) is 16.8 Å². The monoisotopic (exact) mass is 573 g/mol. The van der Waals surface area contributed by atoms with Gasteiger partial charge in [-0.15, -0.1) is 5.06 Å². The molecule has 1 atom stereocenters. The van der Waals surface area contributed by atoms with E-state index in [0.29, 0.717) is 27.1 Å². The molecule has 0 aliphatic carbocycles. The number of ether oxygens (including phenoxy) is 1. The number of methoxy groups -OCH3 is 1. The molecule has 208 valence electrons. The number of halogens is 2. The van der Waals surface area contributed by atoms with Gasteiger partial charge in [-0.25, -0.2) is 9.18 Å². The number of carbonyl (C=O) groups excluding carboxylic acids is 2. The first-order valence-corrected chi connectivity index (χ1v) is 13.1. The van der Waals surface area contributed by atoms with Crippen molar-refractivity contribution in [2.45, 2.75) is 19.0 Å². The van der Waals surface area contributed by atoms with Crippen LogP contribution in [0.15, 0.2) is 101 Å². The van der Waals surface area contributed by atoms with E-state index in [1.165, 1.54) is 37.4 Å². The molecule has 5 aromatic rings. The topological polar surface area (TPSA) is 89.2 Å². The molecule has 1 aromatic heterocycles. The maximum atomic E-state index is 14.0. The number of hydrogen-bond donors (Lipinski definition) is 1. The van der Waals surface area contributed by atoms with Gasteiger partial charge in [0.1, 0.15) is 23.2 Å². The molecular formula is C32H25ClFNO6. The Labute approximate surface area is 240 Å². The van der Waals surface area contributed by atoms with Gasteiger partial charge in [-0.05, 0) is 70.8 Å². The Kier molecular flexibility index (Phi) is 8.33. The fourth-order valence-electron chi connectivity index (χ4n) is 4.42. The highest BCUT2D eigenvalue weighted by Crippen LogP contribution is 2.28. The molecule has 5 rings (SSSR count). The van der Waals surface area contributed by atoms with E-state index in [1.54, 1.807) is 36.4 Å². The fraction of sp³-hybridized carbons (Fsp3) is 0.125. The minimum atomic E-state index is -1.09. The quantitative estimate of drug-likeness (QED) is 0.151. The minimum absolute atomic E-state index is 0.0653. The van der Waals surface area contributed by atoms with Crippen LogP contribution in [0.5, 0.6) is 5.75 Å². The van der Waals surface area contributed by atoms with E-state index >= 15 is 0 Å². The van der Waals surface area contributed by atoms with Crippen LogP contribution in [-0.2, 0) is 27.3 Å². The third-order valence-corrected chi connectivity index (χ3v) is 6.76. The highest BCUT2D eigenvalue weighted by atomic mass is 35.5. The molecule has 0 saturated heterocycles. The number of nitrogens with zero attached hydrogens (tertiary/aromatic N) is 1. The van der Waals surface area contributed by atoms with E-state index < -0.39 is 23.8 Å². The van der Waals surface area contributed by atoms with Crippen molar-refractivity contribution in [2.75, 3.05) is 7.11 Å². The van der Waals surface area contributed by atoms with Crippen LogP contribution in [0.25, 0.3) is 22.1 Å². The molecule has 0 fully saturated rings. The summed E-state index contributed by atoms with van der Waals surface area (Å²) < 4.78 is 24.9. The van der Waals surface area contributed by atoms with Crippen LogP contribution in [0, 0.1) is 5.82 Å². The molecule has 1 N–H and O–H groups in total. The molecule has 0 radical (unpaired) electrons. The minimum Gasteiger partial charge on any atom is -0.508 e. The lowest BCUT2D eigenvalue weighted by atomic mass is 10.0. The molecule has 0 saturated carbocycles. The molecule has 0 amide bonds. The van der Waals surface area contributed by atoms with Gasteiger partial charge in [0.15, 0.2) is 0 Å². The summed E-state index contributed by atoms with van der Waals surface area (Å²) in [7, 11) is 1.23. The third kappa shape index (κ3) is 6.74. The van der Waals surface area contributed by atoms with Gasteiger partial charge in [-0.1, -0.05) is 60.1 Å². The summed E-state index contributed by atoms with van der Waals surface area (Å²) in [6, 6.07) is 25.3. The molecule has 0 unspecified atom stereocenters. The van der Waals surface area contributed by atoms with Gasteiger partial charge in [0.25, 0.3) is 0 Å². The number of hydroxylamine groups is 2. The Balaban J connectivity index is 1.44. The Hall–Kier alpha value is -4.66. The number of rotatable bonds is 9. The highest BCUT2D eigenvalue weighted by Gasteiger charge is 2.32. The first kappa shape index (κ1) is 27.9. The number of phenolic OH excluding ortho intramolecular Hbond substituents is 1. The first-order chi connectivity index (χ1) is 19.8. The standard InChI is InChI=1S/C32H25ClFNO6/c1-39-31(37)28(16-20-5-13-27(36)14-6-20)35(19-21-3-2-4-26(34)15-21)41-32(38)30-18-24-8-7-23(17-29(24)40-30)22-9-11-25(33)12-10-22/h2-15,17-18,28,36H,16,19H2,1H3/t28-/m0/s1. The molecule has 7 nitrogen and oxygen atoms in total. The molecule has 0 aliphatic rings. The second kappa shape index (κ2) is 12.2.